The van der Waals surface area contributed by atoms with Gasteiger partial charge in [-0.25, -0.2) is 9.80 Å². The van der Waals surface area contributed by atoms with Crippen molar-refractivity contribution in [3.63, 3.8) is 0 Å². The molecule has 2 aromatic carbocycles. The van der Waals surface area contributed by atoms with Crippen LogP contribution >= 0.6 is 11.6 Å². The number of hydrogen-bond acceptors (Lipinski definition) is 5. The molecule has 200 valence electrons. The van der Waals surface area contributed by atoms with E-state index in [4.69, 9.17) is 16.3 Å². The molecule has 1 aliphatic rings. The first-order valence-corrected chi connectivity index (χ1v) is 14.4. The predicted octanol–water partition coefficient (Wildman–Crippen LogP) is 4.93. The molecule has 0 N–H and O–H groups in total. The SMILES string of the molecule is CC(=O)N(CCCCCCc1ccc(Cl)cc1)N1CC(S(=O)Cc2ccc(C(=O)OC(C)C)cc2)C1=O. The van der Waals surface area contributed by atoms with Gasteiger partial charge in [0.05, 0.1) is 18.2 Å². The molecule has 9 heteroatoms. The molecule has 7 nitrogen and oxygen atoms in total. The molecule has 2 atom stereocenters. The van der Waals surface area contributed by atoms with Crippen LogP contribution in [0.5, 0.6) is 0 Å². The van der Waals surface area contributed by atoms with Gasteiger partial charge in [0.15, 0.2) is 0 Å². The van der Waals surface area contributed by atoms with E-state index in [-0.39, 0.29) is 30.2 Å². The van der Waals surface area contributed by atoms with Gasteiger partial charge in [0.1, 0.15) is 5.25 Å². The molecule has 0 aromatic heterocycles. The minimum Gasteiger partial charge on any atom is -0.459 e. The van der Waals surface area contributed by atoms with Crippen molar-refractivity contribution in [2.24, 2.45) is 0 Å². The Kier molecular flexibility index (Phi) is 10.7. The average Bonchev–Trinajstić information content (AvgIpc) is 2.85. The van der Waals surface area contributed by atoms with E-state index in [0.717, 1.165) is 42.7 Å². The van der Waals surface area contributed by atoms with Gasteiger partial charge < -0.3 is 4.74 Å². The van der Waals surface area contributed by atoms with Gasteiger partial charge in [-0.2, -0.15) is 0 Å². The van der Waals surface area contributed by atoms with Crippen LogP contribution in [-0.2, 0) is 37.3 Å². The summed E-state index contributed by atoms with van der Waals surface area (Å²) < 4.78 is 18.0. The summed E-state index contributed by atoms with van der Waals surface area (Å²) in [7, 11) is -1.42. The molecule has 2 unspecified atom stereocenters. The lowest BCUT2D eigenvalue weighted by molar-refractivity contribution is -0.173. The summed E-state index contributed by atoms with van der Waals surface area (Å²) in [6.45, 7) is 5.75. The van der Waals surface area contributed by atoms with Crippen molar-refractivity contribution in [2.45, 2.75) is 70.0 Å². The van der Waals surface area contributed by atoms with Crippen molar-refractivity contribution in [1.82, 2.24) is 10.0 Å². The number of unbranched alkanes of at least 4 members (excludes halogenated alkanes) is 3. The average molecular weight is 547 g/mol. The van der Waals surface area contributed by atoms with Crippen molar-refractivity contribution < 1.29 is 23.3 Å². The van der Waals surface area contributed by atoms with Crippen LogP contribution in [0.4, 0.5) is 0 Å². The predicted molar refractivity (Wildman–Crippen MR) is 145 cm³/mol. The fraction of sp³-hybridized carbons (Fsp3) is 0.464. The number of β-lactam (4-membered cyclic amide) rings is 1. The van der Waals surface area contributed by atoms with Gasteiger partial charge in [-0.05, 0) is 68.5 Å². The molecule has 0 radical (unpaired) electrons. The van der Waals surface area contributed by atoms with Gasteiger partial charge in [0.2, 0.25) is 5.91 Å². The van der Waals surface area contributed by atoms with Crippen LogP contribution in [0.1, 0.15) is 67.9 Å². The molecular formula is C28H35ClN2O5S. The molecule has 0 aliphatic carbocycles. The molecule has 0 bridgehead atoms. The third-order valence-corrected chi connectivity index (χ3v) is 8.04. The Balaban J connectivity index is 1.41. The van der Waals surface area contributed by atoms with E-state index in [1.165, 1.54) is 22.5 Å². The number of amides is 2. The van der Waals surface area contributed by atoms with Crippen molar-refractivity contribution in [3.8, 4) is 0 Å². The fourth-order valence-corrected chi connectivity index (χ4v) is 5.62. The standard InChI is InChI=1S/C28H35ClN2O5S/c1-20(2)36-28(34)24-13-9-23(10-14-24)19-37(35)26-18-31(27(26)33)30(21(3)32)17-7-5-4-6-8-22-11-15-25(29)16-12-22/h9-16,20,26H,4-8,17-19H2,1-3H3. The molecule has 1 saturated heterocycles. The summed E-state index contributed by atoms with van der Waals surface area (Å²) in [5, 5.41) is 3.00. The summed E-state index contributed by atoms with van der Waals surface area (Å²) in [6.07, 6.45) is 4.60. The minimum atomic E-state index is -1.42. The highest BCUT2D eigenvalue weighted by atomic mass is 35.5. The normalized spacial score (nSPS) is 15.9. The minimum absolute atomic E-state index is 0.192. The monoisotopic (exact) mass is 546 g/mol. The van der Waals surface area contributed by atoms with Crippen LogP contribution in [-0.4, -0.2) is 56.5 Å². The Bertz CT molecular complexity index is 1100. The van der Waals surface area contributed by atoms with Crippen LogP contribution in [0.15, 0.2) is 48.5 Å². The maximum atomic E-state index is 12.8. The Morgan fingerprint density at radius 3 is 2.24 bits per heavy atom. The third kappa shape index (κ3) is 8.40. The highest BCUT2D eigenvalue weighted by Gasteiger charge is 2.44. The van der Waals surface area contributed by atoms with Crippen molar-refractivity contribution in [3.05, 3.63) is 70.2 Å². The van der Waals surface area contributed by atoms with Crippen molar-refractivity contribution >= 4 is 40.2 Å². The topological polar surface area (TPSA) is 84.0 Å². The van der Waals surface area contributed by atoms with Gasteiger partial charge in [-0.3, -0.25) is 18.8 Å². The maximum absolute atomic E-state index is 12.8. The lowest BCUT2D eigenvalue weighted by atomic mass is 10.1. The zero-order valence-corrected chi connectivity index (χ0v) is 23.2. The van der Waals surface area contributed by atoms with Crippen LogP contribution in [0.25, 0.3) is 0 Å². The maximum Gasteiger partial charge on any atom is 0.338 e. The highest BCUT2D eigenvalue weighted by molar-refractivity contribution is 7.85. The molecule has 3 rings (SSSR count). The summed E-state index contributed by atoms with van der Waals surface area (Å²) in [6, 6.07) is 14.6. The first-order valence-electron chi connectivity index (χ1n) is 12.7. The Morgan fingerprint density at radius 2 is 1.65 bits per heavy atom. The van der Waals surface area contributed by atoms with E-state index >= 15 is 0 Å². The zero-order chi connectivity index (χ0) is 26.9. The molecule has 37 heavy (non-hydrogen) atoms. The second kappa shape index (κ2) is 13.7. The largest absolute Gasteiger partial charge is 0.459 e. The summed E-state index contributed by atoms with van der Waals surface area (Å²) in [4.78, 5) is 36.9. The number of nitrogens with zero attached hydrogens (tertiary/aromatic N) is 2. The van der Waals surface area contributed by atoms with Crippen LogP contribution in [0, 0.1) is 0 Å². The quantitative estimate of drug-likeness (QED) is 0.202. The number of esters is 1. The van der Waals surface area contributed by atoms with Gasteiger partial charge in [-0.15, -0.1) is 0 Å². The number of aryl methyl sites for hydroxylation is 1. The second-order valence-corrected chi connectivity index (χ2v) is 11.6. The Labute approximate surface area is 226 Å². The lowest BCUT2D eigenvalue weighted by Crippen LogP contribution is -2.65. The van der Waals surface area contributed by atoms with E-state index in [1.807, 2.05) is 24.3 Å². The number of hydrazine groups is 1. The van der Waals surface area contributed by atoms with Gasteiger partial charge in [0, 0.05) is 35.0 Å². The molecule has 1 aliphatic heterocycles. The third-order valence-electron chi connectivity index (χ3n) is 6.18. The summed E-state index contributed by atoms with van der Waals surface area (Å²) in [5.41, 5.74) is 2.45. The number of carbonyl (C=O) groups is 3. The number of benzene rings is 2. The van der Waals surface area contributed by atoms with Crippen molar-refractivity contribution in [1.29, 1.82) is 0 Å². The molecule has 1 fully saturated rings. The van der Waals surface area contributed by atoms with E-state index in [2.05, 4.69) is 0 Å². The Hall–Kier alpha value is -2.71. The molecule has 0 saturated carbocycles. The van der Waals surface area contributed by atoms with Gasteiger partial charge >= 0.3 is 5.97 Å². The summed E-state index contributed by atoms with van der Waals surface area (Å²) in [5.74, 6) is -0.674. The fourth-order valence-electron chi connectivity index (χ4n) is 4.12. The molecular weight excluding hydrogens is 512 g/mol. The smallest absolute Gasteiger partial charge is 0.338 e. The van der Waals surface area contributed by atoms with Gasteiger partial charge in [0.25, 0.3) is 5.91 Å². The van der Waals surface area contributed by atoms with E-state index in [0.29, 0.717) is 12.1 Å². The first kappa shape index (κ1) is 28.9. The van der Waals surface area contributed by atoms with Gasteiger partial charge in [-0.1, -0.05) is 48.7 Å². The molecule has 2 aromatic rings. The molecule has 1 heterocycles. The van der Waals surface area contributed by atoms with E-state index < -0.39 is 22.0 Å². The number of halogens is 1. The van der Waals surface area contributed by atoms with E-state index in [9.17, 15) is 18.6 Å². The number of hydrogen-bond donors (Lipinski definition) is 0. The highest BCUT2D eigenvalue weighted by Crippen LogP contribution is 2.22. The zero-order valence-electron chi connectivity index (χ0n) is 21.7. The second-order valence-electron chi connectivity index (χ2n) is 9.52. The lowest BCUT2D eigenvalue weighted by Gasteiger charge is -2.44. The first-order chi connectivity index (χ1) is 17.7. The Morgan fingerprint density at radius 1 is 1.03 bits per heavy atom. The summed E-state index contributed by atoms with van der Waals surface area (Å²) >= 11 is 5.92. The molecule has 2 amide bonds. The van der Waals surface area contributed by atoms with Crippen molar-refractivity contribution in [2.75, 3.05) is 13.1 Å². The van der Waals surface area contributed by atoms with Crippen LogP contribution < -0.4 is 0 Å². The van der Waals surface area contributed by atoms with Crippen LogP contribution in [0.2, 0.25) is 5.02 Å². The number of ether oxygens (including phenoxy) is 1. The molecule has 0 spiro atoms. The number of carbonyl (C=O) groups excluding carboxylic acids is 3. The number of rotatable bonds is 13. The van der Waals surface area contributed by atoms with Crippen LogP contribution in [0.3, 0.4) is 0 Å². The van der Waals surface area contributed by atoms with E-state index in [1.54, 1.807) is 38.1 Å².